The maximum atomic E-state index is 11.3. The van der Waals surface area contributed by atoms with Crippen molar-refractivity contribution >= 4 is 0 Å². The maximum absolute atomic E-state index is 11.3. The second kappa shape index (κ2) is 7.22. The molecule has 0 aromatic heterocycles. The summed E-state index contributed by atoms with van der Waals surface area (Å²) >= 11 is 0. The van der Waals surface area contributed by atoms with Crippen LogP contribution in [0.4, 0.5) is 0 Å². The van der Waals surface area contributed by atoms with E-state index in [2.05, 4.69) is 11.8 Å². The molecule has 0 aromatic carbocycles. The molecule has 0 amide bonds. The van der Waals surface area contributed by atoms with Crippen LogP contribution in [-0.2, 0) is 18.9 Å². The molecule has 1 heterocycles. The Morgan fingerprint density at radius 3 is 2.52 bits per heavy atom. The first-order valence-electron chi connectivity index (χ1n) is 8.59. The number of aliphatic hydroxyl groups is 1. The van der Waals surface area contributed by atoms with Gasteiger partial charge in [0.05, 0.1) is 12.7 Å². The first-order chi connectivity index (χ1) is 11.6. The molecule has 2 rings (SSSR count). The summed E-state index contributed by atoms with van der Waals surface area (Å²) in [5.74, 6) is 5.34. The summed E-state index contributed by atoms with van der Waals surface area (Å²) in [6.45, 7) is 10.3. The van der Waals surface area contributed by atoms with Gasteiger partial charge >= 0.3 is 0 Å². The number of allylic oxidation sites excluding steroid dienone is 1. The van der Waals surface area contributed by atoms with Gasteiger partial charge in [-0.1, -0.05) is 25.7 Å². The van der Waals surface area contributed by atoms with E-state index in [-0.39, 0.29) is 6.10 Å². The fourth-order valence-corrected chi connectivity index (χ4v) is 3.53. The molecule has 0 aromatic rings. The Kier molecular flexibility index (Phi) is 5.82. The molecular weight excluding hydrogens is 320 g/mol. The third-order valence-corrected chi connectivity index (χ3v) is 4.93. The summed E-state index contributed by atoms with van der Waals surface area (Å²) in [5.41, 5.74) is -0.284. The fraction of sp³-hybridized carbons (Fsp3) is 0.700. The Balaban J connectivity index is 2.34. The topological polar surface area (TPSA) is 57.2 Å². The highest BCUT2D eigenvalue weighted by molar-refractivity contribution is 5.42. The molecule has 5 nitrogen and oxygen atoms in total. The van der Waals surface area contributed by atoms with Crippen LogP contribution in [0.15, 0.2) is 23.3 Å². The van der Waals surface area contributed by atoms with Gasteiger partial charge in [-0.2, -0.15) is 0 Å². The molecule has 3 unspecified atom stereocenters. The van der Waals surface area contributed by atoms with E-state index in [1.807, 2.05) is 40.7 Å². The Morgan fingerprint density at radius 2 is 2.04 bits per heavy atom. The minimum Gasteiger partial charge on any atom is -0.373 e. The second-order valence-corrected chi connectivity index (χ2v) is 7.59. The molecule has 3 atom stereocenters. The monoisotopic (exact) mass is 350 g/mol. The minimum atomic E-state index is -1.26. The molecule has 1 spiro atoms. The van der Waals surface area contributed by atoms with Crippen molar-refractivity contribution in [2.45, 2.75) is 64.8 Å². The lowest BCUT2D eigenvalue weighted by molar-refractivity contribution is -0.176. The average molecular weight is 350 g/mol. The van der Waals surface area contributed by atoms with Gasteiger partial charge in [0.1, 0.15) is 0 Å². The Hall–Kier alpha value is -1.16. The molecule has 2 aliphatic rings. The van der Waals surface area contributed by atoms with Crippen molar-refractivity contribution in [1.82, 2.24) is 0 Å². The maximum Gasteiger partial charge on any atom is 0.189 e. The zero-order valence-electron chi connectivity index (χ0n) is 16.3. The van der Waals surface area contributed by atoms with Crippen molar-refractivity contribution in [3.05, 3.63) is 23.3 Å². The van der Waals surface area contributed by atoms with Crippen LogP contribution in [-0.4, -0.2) is 49.7 Å². The lowest BCUT2D eigenvalue weighted by atomic mass is 9.63. The number of hydrogen-bond acceptors (Lipinski definition) is 5. The van der Waals surface area contributed by atoms with Crippen molar-refractivity contribution in [2.75, 3.05) is 20.8 Å². The highest BCUT2D eigenvalue weighted by atomic mass is 16.7. The molecule has 0 saturated carbocycles. The van der Waals surface area contributed by atoms with Crippen LogP contribution in [0.3, 0.4) is 0 Å². The van der Waals surface area contributed by atoms with E-state index in [1.165, 1.54) is 0 Å². The van der Waals surface area contributed by atoms with Gasteiger partial charge in [0, 0.05) is 31.6 Å². The number of rotatable bonds is 3. The zero-order valence-corrected chi connectivity index (χ0v) is 16.3. The molecule has 25 heavy (non-hydrogen) atoms. The van der Waals surface area contributed by atoms with Gasteiger partial charge in [0.2, 0.25) is 0 Å². The van der Waals surface area contributed by atoms with Gasteiger partial charge in [-0.05, 0) is 38.5 Å². The van der Waals surface area contributed by atoms with Gasteiger partial charge < -0.3 is 24.1 Å². The Morgan fingerprint density at radius 1 is 1.40 bits per heavy atom. The van der Waals surface area contributed by atoms with Gasteiger partial charge in [0.15, 0.2) is 17.7 Å². The molecule has 5 heteroatoms. The van der Waals surface area contributed by atoms with E-state index >= 15 is 0 Å². The Labute approximate surface area is 151 Å². The van der Waals surface area contributed by atoms with E-state index < -0.39 is 23.1 Å². The molecule has 0 radical (unpaired) electrons. The van der Waals surface area contributed by atoms with Crippen LogP contribution in [0.2, 0.25) is 0 Å². The first-order valence-corrected chi connectivity index (χ1v) is 8.59. The van der Waals surface area contributed by atoms with Crippen LogP contribution in [0, 0.1) is 17.3 Å². The van der Waals surface area contributed by atoms with E-state index in [1.54, 1.807) is 20.3 Å². The van der Waals surface area contributed by atoms with Crippen LogP contribution in [0.1, 0.15) is 41.0 Å². The highest BCUT2D eigenvalue weighted by Crippen LogP contribution is 2.50. The lowest BCUT2D eigenvalue weighted by Gasteiger charge is -2.48. The molecular formula is C20H30O5. The van der Waals surface area contributed by atoms with Gasteiger partial charge in [-0.25, -0.2) is 0 Å². The van der Waals surface area contributed by atoms with Gasteiger partial charge in [-0.3, -0.25) is 0 Å². The van der Waals surface area contributed by atoms with Crippen molar-refractivity contribution in [2.24, 2.45) is 5.41 Å². The molecule has 1 N–H and O–H groups in total. The summed E-state index contributed by atoms with van der Waals surface area (Å²) in [5, 5.41) is 11.3. The van der Waals surface area contributed by atoms with E-state index in [0.29, 0.717) is 13.0 Å². The zero-order chi connectivity index (χ0) is 18.9. The van der Waals surface area contributed by atoms with Gasteiger partial charge in [0.25, 0.3) is 0 Å². The summed E-state index contributed by atoms with van der Waals surface area (Å²) in [7, 11) is 3.14. The van der Waals surface area contributed by atoms with Crippen LogP contribution >= 0.6 is 0 Å². The SMILES string of the molecule is COC(C=C(C)C#CC1(O)C(C)=CC2(CC1(C)C)OCC(C)O2)OC. The standard InChI is InChI=1S/C20H30O5/c1-14(10-17(22-6)23-7)8-9-20(21)15(2)11-19(13-18(20,4)5)24-12-16(3)25-19/h10-11,16-17,21H,12-13H2,1-7H3. The first kappa shape index (κ1) is 20.2. The van der Waals surface area contributed by atoms with Crippen molar-refractivity contribution in [3.8, 4) is 11.8 Å². The number of methoxy groups -OCH3 is 2. The third kappa shape index (κ3) is 3.99. The quantitative estimate of drug-likeness (QED) is 0.482. The van der Waals surface area contributed by atoms with Crippen LogP contribution < -0.4 is 0 Å². The average Bonchev–Trinajstić information content (AvgIpc) is 2.88. The van der Waals surface area contributed by atoms with E-state index in [9.17, 15) is 5.11 Å². The smallest absolute Gasteiger partial charge is 0.189 e. The largest absolute Gasteiger partial charge is 0.373 e. The highest BCUT2D eigenvalue weighted by Gasteiger charge is 2.55. The number of ether oxygens (including phenoxy) is 4. The molecule has 140 valence electrons. The number of hydrogen-bond donors (Lipinski definition) is 1. The third-order valence-electron chi connectivity index (χ3n) is 4.93. The Bertz CT molecular complexity index is 620. The van der Waals surface area contributed by atoms with E-state index in [4.69, 9.17) is 18.9 Å². The van der Waals surface area contributed by atoms with Crippen molar-refractivity contribution < 1.29 is 24.1 Å². The predicted octanol–water partition coefficient (Wildman–Crippen LogP) is 2.79. The van der Waals surface area contributed by atoms with Crippen LogP contribution in [0.5, 0.6) is 0 Å². The fourth-order valence-electron chi connectivity index (χ4n) is 3.53. The summed E-state index contributed by atoms with van der Waals surface area (Å²) in [4.78, 5) is 0. The molecule has 1 aliphatic carbocycles. The minimum absolute atomic E-state index is 0.0438. The molecule has 1 fully saturated rings. The molecule has 1 aliphatic heterocycles. The van der Waals surface area contributed by atoms with E-state index in [0.717, 1.165) is 11.1 Å². The molecule has 0 bridgehead atoms. The summed E-state index contributed by atoms with van der Waals surface area (Å²) in [6.07, 6.45) is 3.78. The second-order valence-electron chi connectivity index (χ2n) is 7.59. The summed E-state index contributed by atoms with van der Waals surface area (Å²) < 4.78 is 22.2. The van der Waals surface area contributed by atoms with Crippen molar-refractivity contribution in [1.29, 1.82) is 0 Å². The summed E-state index contributed by atoms with van der Waals surface area (Å²) in [6, 6.07) is 0. The predicted molar refractivity (Wildman–Crippen MR) is 95.7 cm³/mol. The normalized spacial score (nSPS) is 34.8. The lowest BCUT2D eigenvalue weighted by Crippen LogP contribution is -2.53. The van der Waals surface area contributed by atoms with Crippen LogP contribution in [0.25, 0.3) is 0 Å². The van der Waals surface area contributed by atoms with Crippen molar-refractivity contribution in [3.63, 3.8) is 0 Å². The molecule has 1 saturated heterocycles. The van der Waals surface area contributed by atoms with Gasteiger partial charge in [-0.15, -0.1) is 0 Å².